The highest BCUT2D eigenvalue weighted by Crippen LogP contribution is 2.12. The number of unbranched alkanes of at least 4 members (excludes halogenated alkanes) is 13. The lowest BCUT2D eigenvalue weighted by molar-refractivity contribution is -0.122. The van der Waals surface area contributed by atoms with Gasteiger partial charge in [-0.2, -0.15) is 8.42 Å². The lowest BCUT2D eigenvalue weighted by Crippen LogP contribution is -2.46. The summed E-state index contributed by atoms with van der Waals surface area (Å²) < 4.78 is 32.3. The molecule has 3 N–H and O–H groups in total. The van der Waals surface area contributed by atoms with E-state index >= 15 is 0 Å². The number of hydrogen-bond acceptors (Lipinski definition) is 4. The third kappa shape index (κ3) is 33.2. The van der Waals surface area contributed by atoms with Gasteiger partial charge >= 0.3 is 0 Å². The molecule has 0 radical (unpaired) electrons. The summed E-state index contributed by atoms with van der Waals surface area (Å²) in [5.74, 6) is -1.02. The molecule has 0 aromatic carbocycles. The maximum Gasteiger partial charge on any atom is 0.267 e. The molecular weight excluding hydrogens is 594 g/mol. The number of aliphatic hydroxyl groups is 1. The van der Waals surface area contributed by atoms with E-state index in [1.807, 2.05) is 0 Å². The van der Waals surface area contributed by atoms with Crippen LogP contribution in [0, 0.1) is 0 Å². The first-order valence-electron chi connectivity index (χ1n) is 18.1. The van der Waals surface area contributed by atoms with Crippen LogP contribution >= 0.6 is 0 Å². The fraction of sp³-hybridized carbons (Fsp3) is 0.667. The Balaban J connectivity index is 3.98. The second-order valence-corrected chi connectivity index (χ2v) is 13.6. The summed E-state index contributed by atoms with van der Waals surface area (Å²) in [6.07, 6.45) is 46.0. The van der Waals surface area contributed by atoms with Gasteiger partial charge in [0.1, 0.15) is 0 Å². The summed E-state index contributed by atoms with van der Waals surface area (Å²) in [6.45, 7) is 4.35. The van der Waals surface area contributed by atoms with Crippen LogP contribution in [0.5, 0.6) is 0 Å². The summed E-state index contributed by atoms with van der Waals surface area (Å²) in [6, 6.07) is -1.08. The molecule has 0 aromatic rings. The molecule has 6 nitrogen and oxygen atoms in total. The van der Waals surface area contributed by atoms with Crippen LogP contribution in [0.2, 0.25) is 0 Å². The van der Waals surface area contributed by atoms with Gasteiger partial charge in [0.25, 0.3) is 10.1 Å². The van der Waals surface area contributed by atoms with Gasteiger partial charge in [0.15, 0.2) is 0 Å². The first-order valence-corrected chi connectivity index (χ1v) is 19.7. The normalized spacial score (nSPS) is 14.3. The van der Waals surface area contributed by atoms with E-state index in [1.165, 1.54) is 57.4 Å². The molecule has 0 aliphatic rings. The van der Waals surface area contributed by atoms with Gasteiger partial charge < -0.3 is 10.4 Å². The van der Waals surface area contributed by atoms with Gasteiger partial charge in [-0.15, -0.1) is 0 Å². The van der Waals surface area contributed by atoms with Gasteiger partial charge in [-0.25, -0.2) is 0 Å². The lowest BCUT2D eigenvalue weighted by Gasteiger charge is -2.21. The predicted octanol–water partition coefficient (Wildman–Crippen LogP) is 10.3. The Labute approximate surface area is 283 Å². The van der Waals surface area contributed by atoms with Crippen molar-refractivity contribution in [2.24, 2.45) is 0 Å². The first kappa shape index (κ1) is 43.8. The van der Waals surface area contributed by atoms with E-state index in [0.29, 0.717) is 12.8 Å². The molecule has 2 unspecified atom stereocenters. The highest BCUT2D eigenvalue weighted by molar-refractivity contribution is 7.85. The van der Waals surface area contributed by atoms with E-state index < -0.39 is 28.0 Å². The van der Waals surface area contributed by atoms with Crippen molar-refractivity contribution in [3.63, 3.8) is 0 Å². The molecule has 2 atom stereocenters. The van der Waals surface area contributed by atoms with Gasteiger partial charge in [0.2, 0.25) is 5.91 Å². The molecule has 0 spiro atoms. The second-order valence-electron chi connectivity index (χ2n) is 12.1. The molecule has 0 bridgehead atoms. The van der Waals surface area contributed by atoms with E-state index in [0.717, 1.165) is 64.2 Å². The Hall–Kier alpha value is -2.22. The molecule has 0 aliphatic carbocycles. The maximum atomic E-state index is 12.4. The summed E-state index contributed by atoms with van der Waals surface area (Å²) in [5, 5.41) is 13.1. The predicted molar refractivity (Wildman–Crippen MR) is 197 cm³/mol. The second kappa shape index (κ2) is 32.7. The van der Waals surface area contributed by atoms with E-state index in [1.54, 1.807) is 6.08 Å². The zero-order valence-corrected chi connectivity index (χ0v) is 30.0. The number of hydrogen-bond donors (Lipinski definition) is 3. The van der Waals surface area contributed by atoms with Crippen LogP contribution in [-0.4, -0.2) is 41.9 Å². The third-order valence-electron chi connectivity index (χ3n) is 7.62. The fourth-order valence-corrected chi connectivity index (χ4v) is 5.66. The Kier molecular flexibility index (Phi) is 31.1. The van der Waals surface area contributed by atoms with E-state index in [2.05, 4.69) is 79.9 Å². The molecule has 46 heavy (non-hydrogen) atoms. The fourth-order valence-electron chi connectivity index (χ4n) is 4.92. The lowest BCUT2D eigenvalue weighted by atomic mass is 10.1. The van der Waals surface area contributed by atoms with Crippen LogP contribution < -0.4 is 5.32 Å². The van der Waals surface area contributed by atoms with Crippen LogP contribution in [-0.2, 0) is 14.9 Å². The number of allylic oxidation sites excluding steroid dienone is 11. The van der Waals surface area contributed by atoms with Crippen molar-refractivity contribution in [1.29, 1.82) is 0 Å². The molecule has 0 heterocycles. The first-order chi connectivity index (χ1) is 22.3. The Morgan fingerprint density at radius 1 is 0.609 bits per heavy atom. The molecule has 0 aliphatic heterocycles. The quantitative estimate of drug-likeness (QED) is 0.0390. The smallest absolute Gasteiger partial charge is 0.267 e. The molecule has 0 saturated heterocycles. The van der Waals surface area contributed by atoms with Crippen LogP contribution in [0.1, 0.15) is 149 Å². The van der Waals surface area contributed by atoms with Crippen LogP contribution in [0.15, 0.2) is 72.9 Å². The van der Waals surface area contributed by atoms with Crippen molar-refractivity contribution >= 4 is 16.0 Å². The van der Waals surface area contributed by atoms with Gasteiger partial charge in [-0.3, -0.25) is 9.35 Å². The highest BCUT2D eigenvalue weighted by atomic mass is 32.2. The minimum absolute atomic E-state index is 0.274. The van der Waals surface area contributed by atoms with Gasteiger partial charge in [0.05, 0.1) is 17.9 Å². The Morgan fingerprint density at radius 2 is 1.07 bits per heavy atom. The number of aliphatic hydroxyl groups excluding tert-OH is 1. The van der Waals surface area contributed by atoms with Crippen molar-refractivity contribution in [2.75, 3.05) is 5.75 Å². The van der Waals surface area contributed by atoms with Crippen molar-refractivity contribution in [3.05, 3.63) is 72.9 Å². The Morgan fingerprint density at radius 3 is 1.63 bits per heavy atom. The van der Waals surface area contributed by atoms with Crippen LogP contribution in [0.4, 0.5) is 0 Å². The number of carbonyl (C=O) groups is 1. The zero-order chi connectivity index (χ0) is 34.0. The molecule has 0 rings (SSSR count). The molecule has 264 valence electrons. The summed E-state index contributed by atoms with van der Waals surface area (Å²) >= 11 is 0. The maximum absolute atomic E-state index is 12.4. The number of amides is 1. The molecular formula is C39H67NO5S. The van der Waals surface area contributed by atoms with Gasteiger partial charge in [-0.1, -0.05) is 145 Å². The summed E-state index contributed by atoms with van der Waals surface area (Å²) in [5.41, 5.74) is 0. The number of nitrogens with one attached hydrogen (secondary N) is 1. The summed E-state index contributed by atoms with van der Waals surface area (Å²) in [7, 11) is -4.35. The summed E-state index contributed by atoms with van der Waals surface area (Å²) in [4.78, 5) is 12.4. The molecule has 0 fully saturated rings. The number of rotatable bonds is 31. The number of carbonyl (C=O) groups excluding carboxylic acids is 1. The van der Waals surface area contributed by atoms with Crippen molar-refractivity contribution in [1.82, 2.24) is 5.32 Å². The van der Waals surface area contributed by atoms with Crippen LogP contribution in [0.3, 0.4) is 0 Å². The van der Waals surface area contributed by atoms with Gasteiger partial charge in [0, 0.05) is 6.42 Å². The molecule has 1 amide bonds. The average Bonchev–Trinajstić information content (AvgIpc) is 3.01. The van der Waals surface area contributed by atoms with Crippen LogP contribution in [0.25, 0.3) is 0 Å². The van der Waals surface area contributed by atoms with E-state index in [-0.39, 0.29) is 12.3 Å². The minimum Gasteiger partial charge on any atom is -0.387 e. The zero-order valence-electron chi connectivity index (χ0n) is 29.2. The van der Waals surface area contributed by atoms with E-state index in [9.17, 15) is 22.9 Å². The standard InChI is InChI=1S/C39H67NO5S/c1-3-5-7-9-11-13-15-16-17-18-19-20-21-22-23-24-25-27-29-31-33-35-39(42)40-37(36-46(43,44)45)38(41)34-32-30-28-26-14-12-10-8-6-4-2/h5,7,11,13-14,16-17,19-20,26,32,34,37-38,41H,3-4,6,8-10,12,15,18,21-25,27-31,33,35-36H2,1-2H3,(H,40,42)(H,43,44,45)/b7-5-,13-11-,17-16-,20-19-,26-14+,34-32+. The van der Waals surface area contributed by atoms with Crippen molar-refractivity contribution in [3.8, 4) is 0 Å². The molecule has 0 aromatic heterocycles. The Bertz CT molecular complexity index is 994. The molecule has 7 heteroatoms. The average molecular weight is 662 g/mol. The van der Waals surface area contributed by atoms with Gasteiger partial charge in [-0.05, 0) is 70.6 Å². The topological polar surface area (TPSA) is 104 Å². The SMILES string of the molecule is CC/C=C\C/C=C\C/C=C\C/C=C\CCCCCCCCCCC(=O)NC(CS(=O)(=O)O)C(O)/C=C/CC/C=C/CCCCCC. The highest BCUT2D eigenvalue weighted by Gasteiger charge is 2.24. The third-order valence-corrected chi connectivity index (χ3v) is 8.40. The largest absolute Gasteiger partial charge is 0.387 e. The molecule has 0 saturated carbocycles. The monoisotopic (exact) mass is 661 g/mol. The van der Waals surface area contributed by atoms with Crippen molar-refractivity contribution < 1.29 is 22.9 Å². The minimum atomic E-state index is -4.35. The van der Waals surface area contributed by atoms with Crippen molar-refractivity contribution in [2.45, 2.75) is 161 Å². The van der Waals surface area contributed by atoms with E-state index in [4.69, 9.17) is 0 Å².